The van der Waals surface area contributed by atoms with Gasteiger partial charge in [-0.1, -0.05) is 18.2 Å². The van der Waals surface area contributed by atoms with Gasteiger partial charge in [-0.3, -0.25) is 0 Å². The first-order chi connectivity index (χ1) is 5.33. The molecule has 11 heavy (non-hydrogen) atoms. The molecule has 0 N–H and O–H groups in total. The predicted molar refractivity (Wildman–Crippen MR) is 46.9 cm³/mol. The van der Waals surface area contributed by atoms with E-state index in [1.165, 1.54) is 7.11 Å². The quantitative estimate of drug-likeness (QED) is 0.682. The molecule has 0 bridgehead atoms. The number of rotatable bonds is 3. The lowest BCUT2D eigenvalue weighted by Crippen LogP contribution is -1.82. The number of para-hydroxylation sites is 1. The Hall–Kier alpha value is -0.300. The van der Waals surface area contributed by atoms with Gasteiger partial charge in [0.05, 0.1) is 0 Å². The van der Waals surface area contributed by atoms with Crippen molar-refractivity contribution < 1.29 is 9.05 Å². The second-order valence-corrected chi connectivity index (χ2v) is 3.60. The van der Waals surface area contributed by atoms with Crippen molar-refractivity contribution >= 4 is 19.0 Å². The molecule has 0 radical (unpaired) electrons. The average molecular weight is 191 g/mol. The Balaban J connectivity index is 2.51. The smallest absolute Gasteiger partial charge is 0.338 e. The van der Waals surface area contributed by atoms with Crippen LogP contribution >= 0.6 is 19.0 Å². The Morgan fingerprint density at radius 2 is 1.91 bits per heavy atom. The molecule has 1 aromatic rings. The third kappa shape index (κ3) is 3.06. The molecule has 0 aromatic heterocycles. The molecule has 0 saturated heterocycles. The van der Waals surface area contributed by atoms with Crippen LogP contribution in [0, 0.1) is 0 Å². The van der Waals surface area contributed by atoms with Gasteiger partial charge in [-0.2, -0.15) is 0 Å². The third-order valence-electron chi connectivity index (χ3n) is 1.06. The topological polar surface area (TPSA) is 18.5 Å². The van der Waals surface area contributed by atoms with E-state index in [1.54, 1.807) is 0 Å². The van der Waals surface area contributed by atoms with Gasteiger partial charge in [-0.05, 0) is 23.4 Å². The highest BCUT2D eigenvalue weighted by atomic mass is 35.7. The summed E-state index contributed by atoms with van der Waals surface area (Å²) in [7, 11) is 0.233. The Morgan fingerprint density at radius 1 is 1.27 bits per heavy atom. The maximum atomic E-state index is 5.62. The van der Waals surface area contributed by atoms with Gasteiger partial charge in [0, 0.05) is 7.11 Å². The first-order valence-corrected chi connectivity index (χ1v) is 5.14. The minimum atomic E-state index is -1.28. The zero-order chi connectivity index (χ0) is 8.10. The van der Waals surface area contributed by atoms with Crippen LogP contribution in [0.2, 0.25) is 0 Å². The lowest BCUT2D eigenvalue weighted by atomic mass is 10.3. The van der Waals surface area contributed by atoms with Crippen LogP contribution in [0.4, 0.5) is 0 Å². The highest BCUT2D eigenvalue weighted by molar-refractivity contribution is 7.76. The van der Waals surface area contributed by atoms with Crippen LogP contribution < -0.4 is 4.52 Å². The zero-order valence-corrected chi connectivity index (χ0v) is 7.68. The molecule has 0 spiro atoms. The molecule has 0 aliphatic heterocycles. The minimum Gasteiger partial charge on any atom is -0.436 e. The van der Waals surface area contributed by atoms with Crippen molar-refractivity contribution in [1.82, 2.24) is 0 Å². The highest BCUT2D eigenvalue weighted by Gasteiger charge is 2.03. The monoisotopic (exact) mass is 190 g/mol. The van der Waals surface area contributed by atoms with Gasteiger partial charge < -0.3 is 9.05 Å². The van der Waals surface area contributed by atoms with Gasteiger partial charge >= 0.3 is 7.73 Å². The van der Waals surface area contributed by atoms with Crippen molar-refractivity contribution in [3.8, 4) is 5.75 Å². The molecule has 0 saturated carbocycles. The van der Waals surface area contributed by atoms with Crippen molar-refractivity contribution in [3.05, 3.63) is 30.3 Å². The van der Waals surface area contributed by atoms with Crippen LogP contribution in [-0.2, 0) is 4.52 Å². The fourth-order valence-corrected chi connectivity index (χ4v) is 1.20. The predicted octanol–water partition coefficient (Wildman–Crippen LogP) is 3.18. The molecule has 0 aliphatic carbocycles. The highest BCUT2D eigenvalue weighted by Crippen LogP contribution is 2.42. The SMILES string of the molecule is COP(Cl)Oc1ccccc1. The molecule has 4 heteroatoms. The van der Waals surface area contributed by atoms with E-state index in [1.807, 2.05) is 30.3 Å². The summed E-state index contributed by atoms with van der Waals surface area (Å²) >= 11 is 5.62. The molecular weight excluding hydrogens is 183 g/mol. The lowest BCUT2D eigenvalue weighted by molar-refractivity contribution is 0.410. The van der Waals surface area contributed by atoms with Crippen molar-refractivity contribution in [2.24, 2.45) is 0 Å². The third-order valence-corrected chi connectivity index (χ3v) is 2.33. The summed E-state index contributed by atoms with van der Waals surface area (Å²) < 4.78 is 9.93. The molecule has 1 atom stereocenters. The van der Waals surface area contributed by atoms with E-state index < -0.39 is 7.73 Å². The van der Waals surface area contributed by atoms with Crippen LogP contribution in [0.5, 0.6) is 5.75 Å². The fraction of sp³-hybridized carbons (Fsp3) is 0.143. The molecular formula is C7H8ClO2P. The second-order valence-electron chi connectivity index (χ2n) is 1.80. The molecule has 0 aliphatic rings. The molecule has 1 aromatic carbocycles. The Labute approximate surface area is 71.8 Å². The molecule has 2 nitrogen and oxygen atoms in total. The Morgan fingerprint density at radius 3 is 2.45 bits per heavy atom. The van der Waals surface area contributed by atoms with Gasteiger partial charge in [0.2, 0.25) is 0 Å². The number of halogens is 1. The van der Waals surface area contributed by atoms with Gasteiger partial charge in [-0.25, -0.2) is 0 Å². The maximum Gasteiger partial charge on any atom is 0.338 e. The first kappa shape index (κ1) is 8.79. The first-order valence-electron chi connectivity index (χ1n) is 3.06. The molecule has 60 valence electrons. The minimum absolute atomic E-state index is 0.732. The van der Waals surface area contributed by atoms with E-state index >= 15 is 0 Å². The van der Waals surface area contributed by atoms with E-state index in [0.717, 1.165) is 5.75 Å². The van der Waals surface area contributed by atoms with E-state index in [-0.39, 0.29) is 0 Å². The van der Waals surface area contributed by atoms with E-state index in [9.17, 15) is 0 Å². The normalized spacial score (nSPS) is 12.5. The summed E-state index contributed by atoms with van der Waals surface area (Å²) in [4.78, 5) is 0. The van der Waals surface area contributed by atoms with Crippen molar-refractivity contribution in [2.45, 2.75) is 0 Å². The van der Waals surface area contributed by atoms with Gasteiger partial charge in [0.25, 0.3) is 0 Å². The molecule has 0 fully saturated rings. The van der Waals surface area contributed by atoms with Crippen LogP contribution in [0.3, 0.4) is 0 Å². The molecule has 0 heterocycles. The summed E-state index contributed by atoms with van der Waals surface area (Å²) in [6, 6.07) is 9.33. The van der Waals surface area contributed by atoms with E-state index in [0.29, 0.717) is 0 Å². The Bertz CT molecular complexity index is 205. The Kier molecular flexibility index (Phi) is 3.64. The molecule has 1 unspecified atom stereocenters. The van der Waals surface area contributed by atoms with E-state index in [2.05, 4.69) is 0 Å². The summed E-state index contributed by atoms with van der Waals surface area (Å²) in [5.41, 5.74) is 0. The zero-order valence-electron chi connectivity index (χ0n) is 6.03. The van der Waals surface area contributed by atoms with Crippen LogP contribution in [0.1, 0.15) is 0 Å². The summed E-state index contributed by atoms with van der Waals surface area (Å²) in [6.45, 7) is 0. The summed E-state index contributed by atoms with van der Waals surface area (Å²) in [5, 5.41) is 0. The molecule has 0 amide bonds. The summed E-state index contributed by atoms with van der Waals surface area (Å²) in [6.07, 6.45) is 0. The number of hydrogen-bond acceptors (Lipinski definition) is 2. The average Bonchev–Trinajstić information content (AvgIpc) is 2.06. The number of hydrogen-bond donors (Lipinski definition) is 0. The molecule has 1 rings (SSSR count). The van der Waals surface area contributed by atoms with Crippen molar-refractivity contribution in [2.75, 3.05) is 7.11 Å². The van der Waals surface area contributed by atoms with Gasteiger partial charge in [-0.15, -0.1) is 0 Å². The lowest BCUT2D eigenvalue weighted by Gasteiger charge is -2.07. The van der Waals surface area contributed by atoms with Crippen LogP contribution in [0.25, 0.3) is 0 Å². The van der Waals surface area contributed by atoms with Crippen molar-refractivity contribution in [3.63, 3.8) is 0 Å². The van der Waals surface area contributed by atoms with E-state index in [4.69, 9.17) is 20.3 Å². The maximum absolute atomic E-state index is 5.62. The van der Waals surface area contributed by atoms with Gasteiger partial charge in [0.15, 0.2) is 0 Å². The van der Waals surface area contributed by atoms with Crippen LogP contribution in [-0.4, -0.2) is 7.11 Å². The largest absolute Gasteiger partial charge is 0.436 e. The second kappa shape index (κ2) is 4.55. The van der Waals surface area contributed by atoms with Crippen molar-refractivity contribution in [1.29, 1.82) is 0 Å². The fourth-order valence-electron chi connectivity index (χ4n) is 0.601. The van der Waals surface area contributed by atoms with Gasteiger partial charge in [0.1, 0.15) is 5.75 Å². The van der Waals surface area contributed by atoms with Crippen LogP contribution in [0.15, 0.2) is 30.3 Å². The standard InChI is InChI=1S/C7H8ClO2P/c1-9-11(8)10-7-5-3-2-4-6-7/h2-6H,1H3. The number of benzene rings is 1. The summed E-state index contributed by atoms with van der Waals surface area (Å²) in [5.74, 6) is 0.732.